The van der Waals surface area contributed by atoms with Crippen LogP contribution < -0.4 is 21.0 Å². The zero-order valence-electron chi connectivity index (χ0n) is 18.4. The number of aliphatic carboxylic acids is 1. The van der Waals surface area contributed by atoms with Gasteiger partial charge in [0.15, 0.2) is 0 Å². The molecule has 0 aliphatic rings. The Kier molecular flexibility index (Phi) is 9.27. The first-order valence-corrected chi connectivity index (χ1v) is 12.1. The molecule has 3 N–H and O–H groups in total. The van der Waals surface area contributed by atoms with Crippen LogP contribution in [0.4, 0.5) is 5.69 Å². The van der Waals surface area contributed by atoms with E-state index >= 15 is 0 Å². The number of rotatable bonds is 11. The molecule has 0 fully saturated rings. The number of ether oxygens (including phenoxy) is 1. The van der Waals surface area contributed by atoms with Gasteiger partial charge in [-0.2, -0.15) is 0 Å². The van der Waals surface area contributed by atoms with Crippen LogP contribution in [-0.2, 0) is 20.8 Å². The molecule has 184 valence electrons. The summed E-state index contributed by atoms with van der Waals surface area (Å²) in [7, 11) is 0. The first-order valence-electron chi connectivity index (χ1n) is 10.6. The zero-order valence-corrected chi connectivity index (χ0v) is 20.7. The number of alkyl halides is 1. The van der Waals surface area contributed by atoms with E-state index in [0.717, 1.165) is 5.56 Å². The van der Waals surface area contributed by atoms with Crippen LogP contribution in [0.15, 0.2) is 57.7 Å². The Morgan fingerprint density at radius 1 is 1.09 bits per heavy atom. The number of anilines is 1. The lowest BCUT2D eigenvalue weighted by Gasteiger charge is -2.19. The van der Waals surface area contributed by atoms with E-state index in [0.29, 0.717) is 10.7 Å². The van der Waals surface area contributed by atoms with Crippen molar-refractivity contribution in [2.24, 2.45) is 0 Å². The average molecular weight is 566 g/mol. The molecule has 0 radical (unpaired) electrons. The predicted molar refractivity (Wildman–Crippen MR) is 134 cm³/mol. The molecule has 0 aliphatic carbocycles. The van der Waals surface area contributed by atoms with Crippen molar-refractivity contribution >= 4 is 61.8 Å². The molecule has 0 spiro atoms. The van der Waals surface area contributed by atoms with E-state index in [1.54, 1.807) is 24.3 Å². The van der Waals surface area contributed by atoms with Crippen LogP contribution in [0.1, 0.15) is 18.4 Å². The summed E-state index contributed by atoms with van der Waals surface area (Å²) in [4.78, 5) is 48.5. The van der Waals surface area contributed by atoms with Gasteiger partial charge in [-0.05, 0) is 17.7 Å². The number of nitrogens with one attached hydrogen (secondary N) is 2. The number of halogens is 2. The minimum Gasteiger partial charge on any atom is -0.481 e. The number of carboxylic acid groups (broad SMARTS) is 1. The fraction of sp³-hybridized carbons (Fsp3) is 0.250. The van der Waals surface area contributed by atoms with Crippen molar-refractivity contribution in [1.82, 2.24) is 5.32 Å². The van der Waals surface area contributed by atoms with Crippen molar-refractivity contribution in [3.05, 3.63) is 69.5 Å². The summed E-state index contributed by atoms with van der Waals surface area (Å²) in [5.41, 5.74) is 0.402. The molecule has 9 nitrogen and oxygen atoms in total. The number of hydrogen-bond acceptors (Lipinski definition) is 6. The molecule has 1 aromatic heterocycles. The Morgan fingerprint density at radius 3 is 2.51 bits per heavy atom. The summed E-state index contributed by atoms with van der Waals surface area (Å²) in [5, 5.41) is 15.3. The maximum Gasteiger partial charge on any atom is 0.346 e. The van der Waals surface area contributed by atoms with Crippen LogP contribution in [0, 0.1) is 0 Å². The SMILES string of the molecule is O=C(O)CCC(=O)N[C@@H](Cc1ccccc1)C(=O)Nc1ccc2c(Cl)c(OCCBr)oc(=O)c2c1. The van der Waals surface area contributed by atoms with Gasteiger partial charge in [0.1, 0.15) is 17.7 Å². The molecule has 2 aromatic carbocycles. The Labute approximate surface area is 213 Å². The van der Waals surface area contributed by atoms with Gasteiger partial charge in [-0.15, -0.1) is 0 Å². The minimum atomic E-state index is -1.11. The van der Waals surface area contributed by atoms with E-state index in [1.807, 2.05) is 18.2 Å². The number of benzene rings is 2. The van der Waals surface area contributed by atoms with E-state index in [4.69, 9.17) is 25.9 Å². The molecule has 3 aromatic rings. The molecule has 35 heavy (non-hydrogen) atoms. The highest BCUT2D eigenvalue weighted by molar-refractivity contribution is 9.09. The molecule has 0 saturated heterocycles. The molecule has 2 amide bonds. The second kappa shape index (κ2) is 12.4. The van der Waals surface area contributed by atoms with Crippen molar-refractivity contribution in [3.63, 3.8) is 0 Å². The second-order valence-electron chi connectivity index (χ2n) is 7.48. The zero-order chi connectivity index (χ0) is 25.4. The van der Waals surface area contributed by atoms with Gasteiger partial charge >= 0.3 is 17.5 Å². The highest BCUT2D eigenvalue weighted by Crippen LogP contribution is 2.32. The minimum absolute atomic E-state index is 0.0904. The summed E-state index contributed by atoms with van der Waals surface area (Å²) in [5.74, 6) is -2.30. The van der Waals surface area contributed by atoms with Gasteiger partial charge in [0, 0.05) is 29.2 Å². The van der Waals surface area contributed by atoms with Gasteiger partial charge < -0.3 is 24.9 Å². The third kappa shape index (κ3) is 7.30. The van der Waals surface area contributed by atoms with Gasteiger partial charge in [-0.25, -0.2) is 4.79 Å². The third-order valence-electron chi connectivity index (χ3n) is 4.92. The Balaban J connectivity index is 1.82. The van der Waals surface area contributed by atoms with E-state index in [9.17, 15) is 19.2 Å². The second-order valence-corrected chi connectivity index (χ2v) is 8.65. The lowest BCUT2D eigenvalue weighted by atomic mass is 10.0. The molecular formula is C24H22BrClN2O7. The molecule has 0 aliphatic heterocycles. The first kappa shape index (κ1) is 26.2. The van der Waals surface area contributed by atoms with Gasteiger partial charge in [0.2, 0.25) is 11.8 Å². The summed E-state index contributed by atoms with van der Waals surface area (Å²) in [6.07, 6.45) is -0.432. The van der Waals surface area contributed by atoms with Gasteiger partial charge in [-0.3, -0.25) is 14.4 Å². The van der Waals surface area contributed by atoms with E-state index in [-0.39, 0.29) is 47.9 Å². The van der Waals surface area contributed by atoms with Crippen molar-refractivity contribution in [3.8, 4) is 5.95 Å². The molecule has 3 rings (SSSR count). The first-order chi connectivity index (χ1) is 16.8. The van der Waals surface area contributed by atoms with Crippen LogP contribution in [0.2, 0.25) is 5.02 Å². The van der Waals surface area contributed by atoms with Crippen molar-refractivity contribution in [1.29, 1.82) is 0 Å². The predicted octanol–water partition coefficient (Wildman–Crippen LogP) is 3.75. The van der Waals surface area contributed by atoms with Crippen molar-refractivity contribution in [2.45, 2.75) is 25.3 Å². The molecule has 11 heteroatoms. The smallest absolute Gasteiger partial charge is 0.346 e. The van der Waals surface area contributed by atoms with Crippen molar-refractivity contribution in [2.75, 3.05) is 17.3 Å². The normalized spacial score (nSPS) is 11.6. The van der Waals surface area contributed by atoms with Crippen LogP contribution in [0.25, 0.3) is 10.8 Å². The van der Waals surface area contributed by atoms with Gasteiger partial charge in [0.05, 0.1) is 11.8 Å². The fourth-order valence-corrected chi connectivity index (χ4v) is 3.70. The van der Waals surface area contributed by atoms with E-state index in [1.165, 1.54) is 6.07 Å². The average Bonchev–Trinajstić information content (AvgIpc) is 2.84. The third-order valence-corrected chi connectivity index (χ3v) is 5.60. The van der Waals surface area contributed by atoms with Crippen LogP contribution >= 0.6 is 27.5 Å². The molecular weight excluding hydrogens is 544 g/mol. The highest BCUT2D eigenvalue weighted by Gasteiger charge is 2.22. The topological polar surface area (TPSA) is 135 Å². The quantitative estimate of drug-likeness (QED) is 0.301. The lowest BCUT2D eigenvalue weighted by molar-refractivity contribution is -0.139. The van der Waals surface area contributed by atoms with Crippen LogP contribution in [0.5, 0.6) is 5.95 Å². The Bertz CT molecular complexity index is 1280. The van der Waals surface area contributed by atoms with E-state index < -0.39 is 29.5 Å². The summed E-state index contributed by atoms with van der Waals surface area (Å²) >= 11 is 9.52. The number of fused-ring (bicyclic) bond motifs is 1. The standard InChI is InChI=1S/C24H22BrClN2O7/c25-10-11-34-24-21(26)16-7-6-15(13-17(16)23(33)35-24)27-22(32)18(12-14-4-2-1-3-5-14)28-19(29)8-9-20(30)31/h1-7,13,18H,8-12H2,(H,27,32)(H,28,29)(H,30,31)/t18-/m0/s1. The van der Waals surface area contributed by atoms with Gasteiger partial charge in [-0.1, -0.05) is 63.9 Å². The Morgan fingerprint density at radius 2 is 1.83 bits per heavy atom. The molecule has 0 unspecified atom stereocenters. The number of carboxylic acids is 1. The molecule has 0 bridgehead atoms. The van der Waals surface area contributed by atoms with Crippen LogP contribution in [0.3, 0.4) is 0 Å². The maximum atomic E-state index is 13.1. The largest absolute Gasteiger partial charge is 0.481 e. The van der Waals surface area contributed by atoms with Crippen molar-refractivity contribution < 1.29 is 28.6 Å². The van der Waals surface area contributed by atoms with E-state index in [2.05, 4.69) is 26.6 Å². The number of carbonyl (C=O) groups is 3. The number of carbonyl (C=O) groups excluding carboxylic acids is 2. The number of hydrogen-bond donors (Lipinski definition) is 3. The molecule has 1 atom stereocenters. The van der Waals surface area contributed by atoms with Gasteiger partial charge in [0.25, 0.3) is 0 Å². The summed E-state index contributed by atoms with van der Waals surface area (Å²) in [6.45, 7) is 0.253. The maximum absolute atomic E-state index is 13.1. The molecule has 1 heterocycles. The summed E-state index contributed by atoms with van der Waals surface area (Å²) < 4.78 is 10.5. The monoisotopic (exact) mass is 564 g/mol. The highest BCUT2D eigenvalue weighted by atomic mass is 79.9. The fourth-order valence-electron chi connectivity index (χ4n) is 3.28. The Hall–Kier alpha value is -3.37. The lowest BCUT2D eigenvalue weighted by Crippen LogP contribution is -2.45. The number of amides is 2. The van der Waals surface area contributed by atoms with Crippen LogP contribution in [-0.4, -0.2) is 40.9 Å². The summed E-state index contributed by atoms with van der Waals surface area (Å²) in [6, 6.07) is 12.6. The molecule has 0 saturated carbocycles.